The molecule has 0 unspecified atom stereocenters. The van der Waals surface area contributed by atoms with Crippen LogP contribution in [0.15, 0.2) is 18.2 Å². The van der Waals surface area contributed by atoms with Crippen LogP contribution in [0.2, 0.25) is 0 Å². The molecule has 0 fully saturated rings. The third kappa shape index (κ3) is 5.49. The molecule has 0 aliphatic carbocycles. The molecule has 0 bridgehead atoms. The van der Waals surface area contributed by atoms with Gasteiger partial charge < -0.3 is 20.7 Å². The van der Waals surface area contributed by atoms with Gasteiger partial charge in [-0.15, -0.1) is 0 Å². The van der Waals surface area contributed by atoms with Gasteiger partial charge in [-0.25, -0.2) is 0 Å². The first-order valence-corrected chi connectivity index (χ1v) is 7.06. The van der Waals surface area contributed by atoms with E-state index < -0.39 is 0 Å². The molecule has 0 radical (unpaired) electrons. The second-order valence-electron chi connectivity index (χ2n) is 4.60. The summed E-state index contributed by atoms with van der Waals surface area (Å²) in [6, 6.07) is 5.99. The zero-order valence-electron chi connectivity index (χ0n) is 12.4. The van der Waals surface area contributed by atoms with Crippen LogP contribution < -0.4 is 15.8 Å². The lowest BCUT2D eigenvalue weighted by atomic mass is 10.1. The molecule has 0 aliphatic rings. The summed E-state index contributed by atoms with van der Waals surface area (Å²) in [5.41, 5.74) is 7.84. The highest BCUT2D eigenvalue weighted by atomic mass is 16.5. The van der Waals surface area contributed by atoms with Crippen LogP contribution in [-0.2, 0) is 6.42 Å². The Morgan fingerprint density at radius 1 is 1.21 bits per heavy atom. The van der Waals surface area contributed by atoms with Gasteiger partial charge in [0.1, 0.15) is 5.75 Å². The Hall–Kier alpha value is -1.26. The maximum Gasteiger partial charge on any atom is 0.141 e. The number of nitrogens with one attached hydrogen (secondary N) is 1. The van der Waals surface area contributed by atoms with Crippen LogP contribution >= 0.6 is 0 Å². The Balaban J connectivity index is 2.24. The molecule has 0 aliphatic heterocycles. The average Bonchev–Trinajstić information content (AvgIpc) is 2.43. The predicted molar refractivity (Wildman–Crippen MR) is 81.8 cm³/mol. The van der Waals surface area contributed by atoms with E-state index in [4.69, 9.17) is 10.5 Å². The minimum atomic E-state index is 0.711. The second-order valence-corrected chi connectivity index (χ2v) is 4.60. The number of anilines is 1. The van der Waals surface area contributed by atoms with Crippen LogP contribution in [0.1, 0.15) is 19.4 Å². The van der Waals surface area contributed by atoms with Crippen molar-refractivity contribution in [2.24, 2.45) is 0 Å². The summed E-state index contributed by atoms with van der Waals surface area (Å²) in [6.07, 6.45) is 0.993. The highest BCUT2D eigenvalue weighted by Gasteiger charge is 2.01. The molecule has 0 atom stereocenters. The van der Waals surface area contributed by atoms with Gasteiger partial charge in [0.2, 0.25) is 0 Å². The van der Waals surface area contributed by atoms with Gasteiger partial charge in [-0.3, -0.25) is 0 Å². The van der Waals surface area contributed by atoms with Gasteiger partial charge in [-0.1, -0.05) is 19.9 Å². The average molecular weight is 265 g/mol. The summed E-state index contributed by atoms with van der Waals surface area (Å²) in [5, 5.41) is 3.47. The van der Waals surface area contributed by atoms with Gasteiger partial charge in [0.05, 0.1) is 12.8 Å². The molecule has 0 spiro atoms. The first-order chi connectivity index (χ1) is 9.21. The lowest BCUT2D eigenvalue weighted by Crippen LogP contribution is -2.32. The van der Waals surface area contributed by atoms with E-state index >= 15 is 0 Å². The Bertz CT molecular complexity index is 364. The molecular formula is C15H27N3O. The quantitative estimate of drug-likeness (QED) is 0.527. The number of nitrogen functional groups attached to an aromatic ring is 1. The highest BCUT2D eigenvalue weighted by molar-refractivity contribution is 5.54. The fraction of sp³-hybridized carbons (Fsp3) is 0.600. The molecule has 0 heterocycles. The first kappa shape index (κ1) is 15.8. The van der Waals surface area contributed by atoms with E-state index in [9.17, 15) is 0 Å². The molecule has 4 nitrogen and oxygen atoms in total. The van der Waals surface area contributed by atoms with E-state index in [1.54, 1.807) is 7.11 Å². The van der Waals surface area contributed by atoms with Crippen LogP contribution in [0.4, 0.5) is 5.69 Å². The summed E-state index contributed by atoms with van der Waals surface area (Å²) in [6.45, 7) is 9.76. The lowest BCUT2D eigenvalue weighted by molar-refractivity contribution is 0.303. The summed E-state index contributed by atoms with van der Waals surface area (Å²) >= 11 is 0. The molecule has 19 heavy (non-hydrogen) atoms. The van der Waals surface area contributed by atoms with E-state index in [-0.39, 0.29) is 0 Å². The molecule has 0 aromatic heterocycles. The number of likely N-dealkylation sites (N-methyl/N-ethyl adjacent to an activating group) is 1. The maximum absolute atomic E-state index is 5.89. The Labute approximate surface area is 116 Å². The van der Waals surface area contributed by atoms with Crippen LogP contribution in [0.5, 0.6) is 5.75 Å². The van der Waals surface area contributed by atoms with Gasteiger partial charge >= 0.3 is 0 Å². The molecule has 1 aromatic rings. The SMILES string of the molecule is CCN(CC)CCNCCc1ccc(OC)c(N)c1. The smallest absolute Gasteiger partial charge is 0.141 e. The van der Waals surface area contributed by atoms with Crippen LogP contribution in [-0.4, -0.2) is 44.7 Å². The third-order valence-electron chi connectivity index (χ3n) is 3.38. The van der Waals surface area contributed by atoms with Gasteiger partial charge in [-0.2, -0.15) is 0 Å². The molecule has 4 heteroatoms. The molecule has 0 saturated heterocycles. The summed E-state index contributed by atoms with van der Waals surface area (Å²) < 4.78 is 5.15. The standard InChI is InChI=1S/C15H27N3O/c1-4-18(5-2)11-10-17-9-8-13-6-7-15(19-3)14(16)12-13/h6-7,12,17H,4-5,8-11,16H2,1-3H3. The van der Waals surface area contributed by atoms with Crippen molar-refractivity contribution < 1.29 is 4.74 Å². The minimum Gasteiger partial charge on any atom is -0.495 e. The highest BCUT2D eigenvalue weighted by Crippen LogP contribution is 2.21. The van der Waals surface area contributed by atoms with E-state index in [0.29, 0.717) is 5.69 Å². The van der Waals surface area contributed by atoms with Crippen LogP contribution in [0, 0.1) is 0 Å². The predicted octanol–water partition coefficient (Wildman–Crippen LogP) is 1.75. The zero-order valence-corrected chi connectivity index (χ0v) is 12.4. The maximum atomic E-state index is 5.89. The number of nitrogens with zero attached hydrogens (tertiary/aromatic N) is 1. The van der Waals surface area contributed by atoms with Crippen molar-refractivity contribution in [3.63, 3.8) is 0 Å². The van der Waals surface area contributed by atoms with Gasteiger partial charge in [0.15, 0.2) is 0 Å². The van der Waals surface area contributed by atoms with Crippen LogP contribution in [0.3, 0.4) is 0 Å². The largest absolute Gasteiger partial charge is 0.495 e. The third-order valence-corrected chi connectivity index (χ3v) is 3.38. The number of nitrogens with two attached hydrogens (primary N) is 1. The minimum absolute atomic E-state index is 0.711. The molecule has 1 rings (SSSR count). The summed E-state index contributed by atoms with van der Waals surface area (Å²) in [4.78, 5) is 2.42. The fourth-order valence-electron chi connectivity index (χ4n) is 2.07. The number of rotatable bonds is 9. The number of hydrogen-bond donors (Lipinski definition) is 2. The van der Waals surface area contributed by atoms with E-state index in [0.717, 1.165) is 44.9 Å². The van der Waals surface area contributed by atoms with Crippen molar-refractivity contribution >= 4 is 5.69 Å². The van der Waals surface area contributed by atoms with Crippen molar-refractivity contribution in [2.45, 2.75) is 20.3 Å². The van der Waals surface area contributed by atoms with E-state index in [2.05, 4.69) is 30.1 Å². The molecule has 1 aromatic carbocycles. The van der Waals surface area contributed by atoms with E-state index in [1.165, 1.54) is 5.56 Å². The second kappa shape index (κ2) is 8.77. The Morgan fingerprint density at radius 3 is 2.53 bits per heavy atom. The van der Waals surface area contributed by atoms with Crippen molar-refractivity contribution in [3.8, 4) is 5.75 Å². The van der Waals surface area contributed by atoms with Crippen molar-refractivity contribution in [2.75, 3.05) is 45.6 Å². The number of methoxy groups -OCH3 is 1. The first-order valence-electron chi connectivity index (χ1n) is 7.06. The van der Waals surface area contributed by atoms with Crippen molar-refractivity contribution in [1.82, 2.24) is 10.2 Å². The van der Waals surface area contributed by atoms with Crippen LogP contribution in [0.25, 0.3) is 0 Å². The van der Waals surface area contributed by atoms with Crippen molar-refractivity contribution in [3.05, 3.63) is 23.8 Å². The fourth-order valence-corrected chi connectivity index (χ4v) is 2.07. The molecule has 3 N–H and O–H groups in total. The molecule has 108 valence electrons. The molecule has 0 saturated carbocycles. The zero-order chi connectivity index (χ0) is 14.1. The monoisotopic (exact) mass is 265 g/mol. The van der Waals surface area contributed by atoms with Gasteiger partial charge in [0.25, 0.3) is 0 Å². The number of hydrogen-bond acceptors (Lipinski definition) is 4. The van der Waals surface area contributed by atoms with Gasteiger partial charge in [0, 0.05) is 13.1 Å². The van der Waals surface area contributed by atoms with Crippen molar-refractivity contribution in [1.29, 1.82) is 0 Å². The molecular weight excluding hydrogens is 238 g/mol. The molecule has 0 amide bonds. The topological polar surface area (TPSA) is 50.5 Å². The Kier molecular flexibility index (Phi) is 7.30. The lowest BCUT2D eigenvalue weighted by Gasteiger charge is -2.18. The normalized spacial score (nSPS) is 10.9. The summed E-state index contributed by atoms with van der Waals surface area (Å²) in [5.74, 6) is 0.748. The van der Waals surface area contributed by atoms with E-state index in [1.807, 2.05) is 12.1 Å². The number of benzene rings is 1. The number of ether oxygens (including phenoxy) is 1. The summed E-state index contributed by atoms with van der Waals surface area (Å²) in [7, 11) is 1.64. The Morgan fingerprint density at radius 2 is 1.95 bits per heavy atom. The van der Waals surface area contributed by atoms with Gasteiger partial charge in [-0.05, 0) is 43.8 Å².